The Morgan fingerprint density at radius 2 is 2.33 bits per heavy atom. The standard InChI is InChI=1S/C11H19N3S/c1-8-4-3-5-9(6-8)15-11-10(12)7-14(2)13-11/h7-9H,3-6,12H2,1-2H3. The molecule has 0 radical (unpaired) electrons. The number of rotatable bonds is 2. The maximum absolute atomic E-state index is 5.89. The van der Waals surface area contributed by atoms with Gasteiger partial charge in [-0.05, 0) is 18.8 Å². The molecule has 2 N–H and O–H groups in total. The molecule has 0 amide bonds. The molecule has 0 aliphatic heterocycles. The summed E-state index contributed by atoms with van der Waals surface area (Å²) in [6.07, 6.45) is 7.24. The number of hydrogen-bond donors (Lipinski definition) is 1. The molecule has 2 unspecified atom stereocenters. The Balaban J connectivity index is 1.99. The van der Waals surface area contributed by atoms with Crippen LogP contribution in [0.25, 0.3) is 0 Å². The van der Waals surface area contributed by atoms with Crippen LogP contribution in [0.5, 0.6) is 0 Å². The van der Waals surface area contributed by atoms with Crippen molar-refractivity contribution in [3.8, 4) is 0 Å². The van der Waals surface area contributed by atoms with E-state index in [9.17, 15) is 0 Å². The molecule has 1 aliphatic carbocycles. The van der Waals surface area contributed by atoms with Gasteiger partial charge in [0.15, 0.2) is 0 Å². The third-order valence-electron chi connectivity index (χ3n) is 2.99. The predicted molar refractivity (Wildman–Crippen MR) is 64.9 cm³/mol. The van der Waals surface area contributed by atoms with Crippen molar-refractivity contribution in [3.05, 3.63) is 6.20 Å². The van der Waals surface area contributed by atoms with Gasteiger partial charge in [0.25, 0.3) is 0 Å². The molecule has 0 aromatic carbocycles. The summed E-state index contributed by atoms with van der Waals surface area (Å²) in [6.45, 7) is 2.34. The van der Waals surface area contributed by atoms with E-state index in [0.717, 1.165) is 16.6 Å². The zero-order chi connectivity index (χ0) is 10.8. The number of aromatic nitrogens is 2. The van der Waals surface area contributed by atoms with Crippen LogP contribution in [-0.2, 0) is 7.05 Å². The van der Waals surface area contributed by atoms with Crippen molar-refractivity contribution in [1.82, 2.24) is 9.78 Å². The van der Waals surface area contributed by atoms with Crippen LogP contribution >= 0.6 is 11.8 Å². The Morgan fingerprint density at radius 3 is 2.93 bits per heavy atom. The van der Waals surface area contributed by atoms with Gasteiger partial charge in [0, 0.05) is 18.5 Å². The molecular formula is C11H19N3S. The topological polar surface area (TPSA) is 43.8 Å². The Hall–Kier alpha value is -0.640. The molecule has 2 atom stereocenters. The number of hydrogen-bond acceptors (Lipinski definition) is 3. The molecule has 0 bridgehead atoms. The van der Waals surface area contributed by atoms with Crippen molar-refractivity contribution < 1.29 is 0 Å². The number of nitrogen functional groups attached to an aromatic ring is 1. The summed E-state index contributed by atoms with van der Waals surface area (Å²) >= 11 is 1.86. The summed E-state index contributed by atoms with van der Waals surface area (Å²) in [5, 5.41) is 6.11. The first-order valence-electron chi connectivity index (χ1n) is 5.61. The van der Waals surface area contributed by atoms with Crippen molar-refractivity contribution in [1.29, 1.82) is 0 Å². The molecule has 4 heteroatoms. The number of nitrogens with zero attached hydrogens (tertiary/aromatic N) is 2. The van der Waals surface area contributed by atoms with E-state index in [0.29, 0.717) is 5.25 Å². The first-order valence-corrected chi connectivity index (χ1v) is 6.49. The van der Waals surface area contributed by atoms with Crippen LogP contribution in [0.3, 0.4) is 0 Å². The van der Waals surface area contributed by atoms with E-state index in [1.165, 1.54) is 25.7 Å². The summed E-state index contributed by atoms with van der Waals surface area (Å²) in [7, 11) is 1.92. The highest BCUT2D eigenvalue weighted by Gasteiger charge is 2.21. The fraction of sp³-hybridized carbons (Fsp3) is 0.727. The van der Waals surface area contributed by atoms with E-state index in [2.05, 4.69) is 12.0 Å². The van der Waals surface area contributed by atoms with Crippen LogP contribution in [0, 0.1) is 5.92 Å². The van der Waals surface area contributed by atoms with E-state index < -0.39 is 0 Å². The maximum Gasteiger partial charge on any atom is 0.141 e. The summed E-state index contributed by atoms with van der Waals surface area (Å²) in [5.74, 6) is 0.862. The molecule has 15 heavy (non-hydrogen) atoms. The van der Waals surface area contributed by atoms with Crippen LogP contribution in [0.4, 0.5) is 5.69 Å². The van der Waals surface area contributed by atoms with Gasteiger partial charge < -0.3 is 5.73 Å². The molecule has 1 fully saturated rings. The minimum atomic E-state index is 0.714. The summed E-state index contributed by atoms with van der Waals surface area (Å²) in [5.41, 5.74) is 6.71. The zero-order valence-electron chi connectivity index (χ0n) is 9.44. The first-order chi connectivity index (χ1) is 7.15. The number of thioether (sulfide) groups is 1. The van der Waals surface area contributed by atoms with Crippen LogP contribution in [0.1, 0.15) is 32.6 Å². The van der Waals surface area contributed by atoms with E-state index in [1.807, 2.05) is 25.0 Å². The Kier molecular flexibility index (Phi) is 3.24. The third kappa shape index (κ3) is 2.68. The Morgan fingerprint density at radius 1 is 1.53 bits per heavy atom. The van der Waals surface area contributed by atoms with Crippen molar-refractivity contribution in [2.45, 2.75) is 42.9 Å². The quantitative estimate of drug-likeness (QED) is 0.841. The Bertz CT molecular complexity index is 335. The lowest BCUT2D eigenvalue weighted by Gasteiger charge is -2.25. The number of anilines is 1. The van der Waals surface area contributed by atoms with Gasteiger partial charge in [-0.3, -0.25) is 4.68 Å². The number of aryl methyl sites for hydroxylation is 1. The second-order valence-electron chi connectivity index (χ2n) is 4.57. The lowest BCUT2D eigenvalue weighted by molar-refractivity contribution is 0.394. The zero-order valence-corrected chi connectivity index (χ0v) is 10.3. The van der Waals surface area contributed by atoms with Crippen LogP contribution in [-0.4, -0.2) is 15.0 Å². The normalized spacial score (nSPS) is 26.8. The van der Waals surface area contributed by atoms with Gasteiger partial charge in [-0.25, -0.2) is 0 Å². The highest BCUT2D eigenvalue weighted by atomic mass is 32.2. The van der Waals surface area contributed by atoms with E-state index in [-0.39, 0.29) is 0 Å². The van der Waals surface area contributed by atoms with Gasteiger partial charge in [0.1, 0.15) is 5.03 Å². The number of nitrogens with two attached hydrogens (primary N) is 1. The summed E-state index contributed by atoms with van der Waals surface area (Å²) in [4.78, 5) is 0. The fourth-order valence-corrected chi connectivity index (χ4v) is 3.61. The average Bonchev–Trinajstić information content (AvgIpc) is 2.45. The third-order valence-corrected chi connectivity index (χ3v) is 4.29. The summed E-state index contributed by atoms with van der Waals surface area (Å²) in [6, 6.07) is 0. The van der Waals surface area contributed by atoms with Gasteiger partial charge in [0.05, 0.1) is 5.69 Å². The minimum Gasteiger partial charge on any atom is -0.395 e. The minimum absolute atomic E-state index is 0.714. The van der Waals surface area contributed by atoms with Crippen molar-refractivity contribution in [2.75, 3.05) is 5.73 Å². The second-order valence-corrected chi connectivity index (χ2v) is 5.86. The SMILES string of the molecule is CC1CCCC(Sc2nn(C)cc2N)C1. The molecule has 0 saturated heterocycles. The van der Waals surface area contributed by atoms with E-state index >= 15 is 0 Å². The van der Waals surface area contributed by atoms with Crippen LogP contribution in [0.15, 0.2) is 11.2 Å². The molecule has 1 aliphatic rings. The van der Waals surface area contributed by atoms with Crippen molar-refractivity contribution in [2.24, 2.45) is 13.0 Å². The Labute approximate surface area is 95.4 Å². The van der Waals surface area contributed by atoms with Crippen molar-refractivity contribution >= 4 is 17.4 Å². The molecule has 1 aromatic rings. The average molecular weight is 225 g/mol. The summed E-state index contributed by atoms with van der Waals surface area (Å²) < 4.78 is 1.80. The molecule has 2 rings (SSSR count). The largest absolute Gasteiger partial charge is 0.395 e. The maximum atomic E-state index is 5.89. The van der Waals surface area contributed by atoms with Gasteiger partial charge in [-0.15, -0.1) is 0 Å². The molecule has 1 heterocycles. The van der Waals surface area contributed by atoms with Crippen molar-refractivity contribution in [3.63, 3.8) is 0 Å². The predicted octanol–water partition coefficient (Wildman–Crippen LogP) is 2.67. The van der Waals surface area contributed by atoms with E-state index in [4.69, 9.17) is 5.73 Å². The van der Waals surface area contributed by atoms with Gasteiger partial charge in [0.2, 0.25) is 0 Å². The molecule has 3 nitrogen and oxygen atoms in total. The highest BCUT2D eigenvalue weighted by molar-refractivity contribution is 8.00. The van der Waals surface area contributed by atoms with Crippen LogP contribution < -0.4 is 5.73 Å². The monoisotopic (exact) mass is 225 g/mol. The highest BCUT2D eigenvalue weighted by Crippen LogP contribution is 2.37. The molecule has 0 spiro atoms. The lowest BCUT2D eigenvalue weighted by atomic mass is 9.91. The first kappa shape index (κ1) is 10.9. The molecule has 1 aromatic heterocycles. The van der Waals surface area contributed by atoms with Crippen LogP contribution in [0.2, 0.25) is 0 Å². The fourth-order valence-electron chi connectivity index (χ4n) is 2.22. The molecular weight excluding hydrogens is 206 g/mol. The van der Waals surface area contributed by atoms with Gasteiger partial charge >= 0.3 is 0 Å². The van der Waals surface area contributed by atoms with Gasteiger partial charge in [-0.2, -0.15) is 5.10 Å². The molecule has 84 valence electrons. The van der Waals surface area contributed by atoms with Gasteiger partial charge in [-0.1, -0.05) is 31.5 Å². The lowest BCUT2D eigenvalue weighted by Crippen LogP contribution is -2.15. The molecule has 1 saturated carbocycles. The smallest absolute Gasteiger partial charge is 0.141 e. The second kappa shape index (κ2) is 4.47. The van der Waals surface area contributed by atoms with E-state index in [1.54, 1.807) is 4.68 Å².